The summed E-state index contributed by atoms with van der Waals surface area (Å²) in [5.41, 5.74) is 0. The van der Waals surface area contributed by atoms with Gasteiger partial charge in [-0.05, 0) is 32.6 Å². The van der Waals surface area contributed by atoms with Crippen LogP contribution in [0.4, 0.5) is 0 Å². The van der Waals surface area contributed by atoms with Crippen LogP contribution in [0.1, 0.15) is 26.7 Å². The molecular weight excluding hydrogens is 214 g/mol. The van der Waals surface area contributed by atoms with Crippen LogP contribution in [-0.2, 0) is 14.8 Å². The largest absolute Gasteiger partial charge is 0.381 e. The zero-order chi connectivity index (χ0) is 11.3. The molecule has 0 saturated carbocycles. The molecule has 1 heterocycles. The molecule has 1 aliphatic rings. The highest BCUT2D eigenvalue weighted by Gasteiger charge is 2.27. The van der Waals surface area contributed by atoms with Gasteiger partial charge in [-0.1, -0.05) is 0 Å². The van der Waals surface area contributed by atoms with Crippen LogP contribution in [0, 0.1) is 5.92 Å². The SMILES string of the molecule is CCOCC1CCCN(S(=O)(=O)CC)C1. The van der Waals surface area contributed by atoms with Crippen molar-refractivity contribution in [2.45, 2.75) is 26.7 Å². The smallest absolute Gasteiger partial charge is 0.213 e. The lowest BCUT2D eigenvalue weighted by molar-refractivity contribution is 0.0864. The molecule has 0 amide bonds. The van der Waals surface area contributed by atoms with Gasteiger partial charge < -0.3 is 4.74 Å². The highest BCUT2D eigenvalue weighted by atomic mass is 32.2. The topological polar surface area (TPSA) is 46.6 Å². The van der Waals surface area contributed by atoms with E-state index in [1.807, 2.05) is 6.92 Å². The average Bonchev–Trinajstić information content (AvgIpc) is 2.27. The van der Waals surface area contributed by atoms with Crippen molar-refractivity contribution >= 4 is 10.0 Å². The quantitative estimate of drug-likeness (QED) is 0.716. The van der Waals surface area contributed by atoms with E-state index in [4.69, 9.17) is 4.74 Å². The minimum Gasteiger partial charge on any atom is -0.381 e. The standard InChI is InChI=1S/C10H21NO3S/c1-3-14-9-10-6-5-7-11(8-10)15(12,13)4-2/h10H,3-9H2,1-2H3. The molecule has 1 rings (SSSR count). The summed E-state index contributed by atoms with van der Waals surface area (Å²) in [4.78, 5) is 0. The van der Waals surface area contributed by atoms with E-state index >= 15 is 0 Å². The van der Waals surface area contributed by atoms with E-state index < -0.39 is 10.0 Å². The van der Waals surface area contributed by atoms with Gasteiger partial charge in [0.1, 0.15) is 0 Å². The fourth-order valence-corrected chi connectivity index (χ4v) is 3.09. The summed E-state index contributed by atoms with van der Waals surface area (Å²) >= 11 is 0. The molecule has 4 nitrogen and oxygen atoms in total. The molecule has 0 bridgehead atoms. The second-order valence-electron chi connectivity index (χ2n) is 3.93. The van der Waals surface area contributed by atoms with Crippen molar-refractivity contribution in [3.8, 4) is 0 Å². The summed E-state index contributed by atoms with van der Waals surface area (Å²) in [6.07, 6.45) is 2.03. The van der Waals surface area contributed by atoms with E-state index in [-0.39, 0.29) is 5.75 Å². The molecule has 90 valence electrons. The number of ether oxygens (including phenoxy) is 1. The Morgan fingerprint density at radius 1 is 1.40 bits per heavy atom. The van der Waals surface area contributed by atoms with Crippen LogP contribution >= 0.6 is 0 Å². The summed E-state index contributed by atoms with van der Waals surface area (Å²) in [5.74, 6) is 0.578. The highest BCUT2D eigenvalue weighted by molar-refractivity contribution is 7.89. The Morgan fingerprint density at radius 3 is 2.73 bits per heavy atom. The van der Waals surface area contributed by atoms with E-state index in [2.05, 4.69) is 0 Å². The van der Waals surface area contributed by atoms with E-state index in [1.165, 1.54) is 0 Å². The van der Waals surface area contributed by atoms with Crippen molar-refractivity contribution in [1.82, 2.24) is 4.31 Å². The zero-order valence-electron chi connectivity index (χ0n) is 9.61. The lowest BCUT2D eigenvalue weighted by Gasteiger charge is -2.31. The monoisotopic (exact) mass is 235 g/mol. The number of hydrogen-bond acceptors (Lipinski definition) is 3. The Kier molecular flexibility index (Phi) is 5.02. The van der Waals surface area contributed by atoms with Gasteiger partial charge in [0.05, 0.1) is 12.4 Å². The van der Waals surface area contributed by atoms with E-state index in [9.17, 15) is 8.42 Å². The lowest BCUT2D eigenvalue weighted by Crippen LogP contribution is -2.41. The summed E-state index contributed by atoms with van der Waals surface area (Å²) in [6.45, 7) is 6.36. The van der Waals surface area contributed by atoms with Crippen molar-refractivity contribution in [3.63, 3.8) is 0 Å². The van der Waals surface area contributed by atoms with Crippen molar-refractivity contribution in [3.05, 3.63) is 0 Å². The number of rotatable bonds is 5. The van der Waals surface area contributed by atoms with Gasteiger partial charge in [0, 0.05) is 19.7 Å². The molecule has 0 aromatic heterocycles. The summed E-state index contributed by atoms with van der Waals surface area (Å²) in [5, 5.41) is 0. The lowest BCUT2D eigenvalue weighted by atomic mass is 10.0. The maximum atomic E-state index is 11.7. The number of piperidine rings is 1. The van der Waals surface area contributed by atoms with Gasteiger partial charge in [0.15, 0.2) is 0 Å². The second kappa shape index (κ2) is 5.82. The first-order valence-corrected chi connectivity index (χ1v) is 7.26. The normalized spacial score (nSPS) is 24.3. The van der Waals surface area contributed by atoms with Gasteiger partial charge in [-0.25, -0.2) is 12.7 Å². The fourth-order valence-electron chi connectivity index (χ4n) is 1.88. The number of sulfonamides is 1. The zero-order valence-corrected chi connectivity index (χ0v) is 10.4. The van der Waals surface area contributed by atoms with Crippen molar-refractivity contribution in [2.75, 3.05) is 32.1 Å². The van der Waals surface area contributed by atoms with E-state index in [0.29, 0.717) is 32.2 Å². The van der Waals surface area contributed by atoms with Crippen LogP contribution in [-0.4, -0.2) is 44.8 Å². The predicted molar refractivity (Wildman–Crippen MR) is 60.3 cm³/mol. The molecule has 0 spiro atoms. The Hall–Kier alpha value is -0.130. The molecular formula is C10H21NO3S. The van der Waals surface area contributed by atoms with Crippen LogP contribution in [0.25, 0.3) is 0 Å². The third-order valence-electron chi connectivity index (χ3n) is 2.80. The summed E-state index contributed by atoms with van der Waals surface area (Å²) < 4.78 is 30.3. The van der Waals surface area contributed by atoms with Gasteiger partial charge in [-0.15, -0.1) is 0 Å². The molecule has 1 aliphatic heterocycles. The minimum absolute atomic E-state index is 0.203. The molecule has 0 aromatic rings. The molecule has 0 aliphatic carbocycles. The van der Waals surface area contributed by atoms with Gasteiger partial charge in [0.25, 0.3) is 0 Å². The third kappa shape index (κ3) is 3.74. The Labute approximate surface area is 92.7 Å². The Bertz CT molecular complexity index is 276. The van der Waals surface area contributed by atoms with E-state index in [0.717, 1.165) is 12.8 Å². The van der Waals surface area contributed by atoms with Crippen LogP contribution < -0.4 is 0 Å². The summed E-state index contributed by atoms with van der Waals surface area (Å²) in [6, 6.07) is 0. The highest BCUT2D eigenvalue weighted by Crippen LogP contribution is 2.19. The van der Waals surface area contributed by atoms with Crippen molar-refractivity contribution < 1.29 is 13.2 Å². The van der Waals surface area contributed by atoms with E-state index in [1.54, 1.807) is 11.2 Å². The van der Waals surface area contributed by atoms with Gasteiger partial charge in [0.2, 0.25) is 10.0 Å². The van der Waals surface area contributed by atoms with Gasteiger partial charge in [-0.3, -0.25) is 0 Å². The van der Waals surface area contributed by atoms with Gasteiger partial charge >= 0.3 is 0 Å². The second-order valence-corrected chi connectivity index (χ2v) is 6.18. The van der Waals surface area contributed by atoms with Crippen molar-refractivity contribution in [1.29, 1.82) is 0 Å². The number of nitrogens with zero attached hydrogens (tertiary/aromatic N) is 1. The Morgan fingerprint density at radius 2 is 2.13 bits per heavy atom. The first-order valence-electron chi connectivity index (χ1n) is 5.65. The molecule has 15 heavy (non-hydrogen) atoms. The molecule has 1 unspecified atom stereocenters. The Balaban J connectivity index is 2.49. The molecule has 0 aromatic carbocycles. The predicted octanol–water partition coefficient (Wildman–Crippen LogP) is 1.08. The van der Waals surface area contributed by atoms with Crippen LogP contribution in [0.2, 0.25) is 0 Å². The molecule has 0 N–H and O–H groups in total. The molecule has 1 saturated heterocycles. The molecule has 5 heteroatoms. The molecule has 0 radical (unpaired) electrons. The maximum Gasteiger partial charge on any atom is 0.213 e. The molecule has 1 fully saturated rings. The fraction of sp³-hybridized carbons (Fsp3) is 1.00. The van der Waals surface area contributed by atoms with Crippen LogP contribution in [0.5, 0.6) is 0 Å². The third-order valence-corrected chi connectivity index (χ3v) is 4.65. The number of hydrogen-bond donors (Lipinski definition) is 0. The first-order chi connectivity index (χ1) is 7.10. The first kappa shape index (κ1) is 12.9. The summed E-state index contributed by atoms with van der Waals surface area (Å²) in [7, 11) is -3.00. The molecule has 1 atom stereocenters. The van der Waals surface area contributed by atoms with Crippen LogP contribution in [0.3, 0.4) is 0 Å². The van der Waals surface area contributed by atoms with Crippen LogP contribution in [0.15, 0.2) is 0 Å². The van der Waals surface area contributed by atoms with Crippen molar-refractivity contribution in [2.24, 2.45) is 5.92 Å². The minimum atomic E-state index is -3.00. The maximum absolute atomic E-state index is 11.7. The van der Waals surface area contributed by atoms with Gasteiger partial charge in [-0.2, -0.15) is 0 Å². The average molecular weight is 235 g/mol.